The Kier molecular flexibility index (Phi) is 12.2. The van der Waals surface area contributed by atoms with Crippen molar-refractivity contribution in [2.45, 2.75) is 107 Å². The third kappa shape index (κ3) is 7.52. The molecule has 1 heterocycles. The summed E-state index contributed by atoms with van der Waals surface area (Å²) < 4.78 is 30.2. The van der Waals surface area contributed by atoms with Crippen molar-refractivity contribution in [3.8, 4) is 0 Å². The summed E-state index contributed by atoms with van der Waals surface area (Å²) in [6.07, 6.45) is -11.1. The van der Waals surface area contributed by atoms with Crippen LogP contribution in [0.4, 0.5) is 0 Å². The van der Waals surface area contributed by atoms with E-state index in [1.165, 1.54) is 39.8 Å². The maximum Gasteiger partial charge on any atom is 0.338 e. The van der Waals surface area contributed by atoms with Gasteiger partial charge in [-0.3, -0.25) is 19.2 Å². The van der Waals surface area contributed by atoms with E-state index in [2.05, 4.69) is 5.32 Å². The molecule has 2 saturated carbocycles. The van der Waals surface area contributed by atoms with Crippen LogP contribution in [-0.2, 0) is 42.9 Å². The number of alkyl halides is 1. The molecule has 0 aromatic heterocycles. The summed E-state index contributed by atoms with van der Waals surface area (Å²) in [5.74, 6) is -7.19. The lowest BCUT2D eigenvalue weighted by atomic mass is 9.44. The fraction of sp³-hybridized carbons (Fsp3) is 0.447. The van der Waals surface area contributed by atoms with E-state index in [0.29, 0.717) is 5.56 Å². The van der Waals surface area contributed by atoms with Gasteiger partial charge in [0.25, 0.3) is 5.91 Å². The molecule has 4 N–H and O–H groups in total. The molecule has 12 atom stereocenters. The molecule has 16 heteroatoms. The second-order valence-corrected chi connectivity index (χ2v) is 17.9. The Labute approximate surface area is 368 Å². The largest absolute Gasteiger partial charge is 0.456 e. The van der Waals surface area contributed by atoms with Crippen LogP contribution in [0.2, 0.25) is 0 Å². The van der Waals surface area contributed by atoms with Gasteiger partial charge in [0.15, 0.2) is 23.6 Å². The van der Waals surface area contributed by atoms with Crippen LogP contribution in [0.5, 0.6) is 0 Å². The normalized spacial score (nSPS) is 32.7. The van der Waals surface area contributed by atoms with Crippen LogP contribution in [0, 0.1) is 16.7 Å². The number of fused-ring (bicyclic) bond motifs is 5. The number of halogens is 1. The zero-order valence-electron chi connectivity index (χ0n) is 35.5. The fourth-order valence-electron chi connectivity index (χ4n) is 10.2. The van der Waals surface area contributed by atoms with E-state index < -0.39 is 125 Å². The SMILES string of the molecule is CC(=O)O[C@H]1C(=O)[C@@]2(C)C(C(OC(=O)c3ccccc3)[C@]3(O)C[C@H](OC(=O)[C@H](O)[C@@H](NC(=O)c4ccccc4)c4ccccc4)C(C)=C1C3(C)C)[C@]1(OC(C)=O)CO[C@@H]1[C@@H](Cl)[C@@H]2O. The number of Topliss-reactive ketones (excluding diaryl/α,β-unsaturated/α-hetero) is 1. The zero-order valence-corrected chi connectivity index (χ0v) is 36.2. The summed E-state index contributed by atoms with van der Waals surface area (Å²) in [6, 6.07) is 22.8. The van der Waals surface area contributed by atoms with Crippen molar-refractivity contribution in [1.29, 1.82) is 0 Å². The third-order valence-corrected chi connectivity index (χ3v) is 13.9. The second kappa shape index (κ2) is 16.9. The number of esters is 4. The van der Waals surface area contributed by atoms with Gasteiger partial charge < -0.3 is 44.3 Å². The highest BCUT2D eigenvalue weighted by atomic mass is 35.5. The van der Waals surface area contributed by atoms with Crippen molar-refractivity contribution < 1.29 is 67.8 Å². The molecule has 2 bridgehead atoms. The highest BCUT2D eigenvalue weighted by Gasteiger charge is 2.80. The number of carbonyl (C=O) groups excluding carboxylic acids is 6. The number of hydrogen-bond donors (Lipinski definition) is 4. The van der Waals surface area contributed by atoms with Crippen molar-refractivity contribution in [2.24, 2.45) is 16.7 Å². The standard InChI is InChI=1S/C47H50ClNO14/c1-24-30(61-43(57)34(52)33(27-16-10-7-11-17-27)49-41(55)28-18-12-8-13-19-28)22-47(58)40(62-42(56)29-20-14-9-15-21-29)36-45(6,38(54)35(60-25(2)50)31(24)44(47,4)5)37(53)32(48)39-46(36,23-59-39)63-26(3)51/h7-21,30,32-37,39-40,52-53,58H,22-23H2,1-6H3,(H,49,55)/t30-,32-,33-,34+,35+,36?,37-,39+,40?,45-,46+,47+/m0/s1. The maximum atomic E-state index is 15.6. The summed E-state index contributed by atoms with van der Waals surface area (Å²) in [5, 5.41) is 39.0. The van der Waals surface area contributed by atoms with Crippen molar-refractivity contribution in [2.75, 3.05) is 6.61 Å². The summed E-state index contributed by atoms with van der Waals surface area (Å²) >= 11 is 6.88. The van der Waals surface area contributed by atoms with Crippen LogP contribution in [0.25, 0.3) is 0 Å². The van der Waals surface area contributed by atoms with E-state index in [1.54, 1.807) is 78.9 Å². The molecule has 0 radical (unpaired) electrons. The van der Waals surface area contributed by atoms with E-state index in [0.717, 1.165) is 13.8 Å². The summed E-state index contributed by atoms with van der Waals surface area (Å²) in [6.45, 7) is 7.67. The monoisotopic (exact) mass is 887 g/mol. The van der Waals surface area contributed by atoms with Gasteiger partial charge in [0.1, 0.15) is 23.9 Å². The third-order valence-electron chi connectivity index (χ3n) is 13.5. The molecule has 334 valence electrons. The lowest BCUT2D eigenvalue weighted by molar-refractivity contribution is -0.344. The van der Waals surface area contributed by atoms with Crippen LogP contribution in [0.1, 0.15) is 80.3 Å². The highest BCUT2D eigenvalue weighted by Crippen LogP contribution is 2.65. The molecule has 3 aromatic carbocycles. The fourth-order valence-corrected chi connectivity index (χ4v) is 10.8. The van der Waals surface area contributed by atoms with E-state index >= 15 is 4.79 Å². The van der Waals surface area contributed by atoms with Gasteiger partial charge in [-0.2, -0.15) is 0 Å². The van der Waals surface area contributed by atoms with Gasteiger partial charge in [0.2, 0.25) is 0 Å². The molecular formula is C47H50ClNO14. The van der Waals surface area contributed by atoms with Gasteiger partial charge in [0, 0.05) is 31.2 Å². The van der Waals surface area contributed by atoms with Gasteiger partial charge in [-0.25, -0.2) is 9.59 Å². The molecule has 3 aromatic rings. The number of benzene rings is 3. The number of ether oxygens (including phenoxy) is 5. The minimum absolute atomic E-state index is 0.0414. The molecule has 4 aliphatic rings. The number of carbonyl (C=O) groups is 6. The van der Waals surface area contributed by atoms with Crippen LogP contribution in [-0.4, -0.2) is 111 Å². The minimum atomic E-state index is -2.44. The summed E-state index contributed by atoms with van der Waals surface area (Å²) in [5.41, 5.74) is -7.56. The molecule has 15 nitrogen and oxygen atoms in total. The Balaban J connectivity index is 1.40. The average molecular weight is 888 g/mol. The Bertz CT molecular complexity index is 2320. The summed E-state index contributed by atoms with van der Waals surface area (Å²) in [7, 11) is 0. The number of nitrogens with one attached hydrogen (secondary N) is 1. The Morgan fingerprint density at radius 3 is 1.95 bits per heavy atom. The zero-order chi connectivity index (χ0) is 45.8. The van der Waals surface area contributed by atoms with E-state index in [9.17, 15) is 39.3 Å². The van der Waals surface area contributed by atoms with Crippen LogP contribution in [0.15, 0.2) is 102 Å². The Morgan fingerprint density at radius 1 is 0.841 bits per heavy atom. The van der Waals surface area contributed by atoms with Crippen molar-refractivity contribution in [3.05, 3.63) is 119 Å². The van der Waals surface area contributed by atoms with Crippen molar-refractivity contribution in [1.82, 2.24) is 5.32 Å². The van der Waals surface area contributed by atoms with E-state index in [1.807, 2.05) is 0 Å². The molecule has 63 heavy (non-hydrogen) atoms. The first-order chi connectivity index (χ1) is 29.7. The predicted molar refractivity (Wildman–Crippen MR) is 223 cm³/mol. The Morgan fingerprint density at radius 2 is 1.41 bits per heavy atom. The molecule has 1 saturated heterocycles. The highest BCUT2D eigenvalue weighted by molar-refractivity contribution is 6.22. The lowest BCUT2D eigenvalue weighted by Crippen LogP contribution is -2.84. The molecule has 1 amide bonds. The first-order valence-electron chi connectivity index (χ1n) is 20.5. The topological polar surface area (TPSA) is 221 Å². The lowest BCUT2D eigenvalue weighted by Gasteiger charge is -2.68. The number of amides is 1. The van der Waals surface area contributed by atoms with E-state index in [4.69, 9.17) is 35.3 Å². The number of hydrogen-bond acceptors (Lipinski definition) is 14. The molecule has 3 aliphatic carbocycles. The molecular weight excluding hydrogens is 838 g/mol. The van der Waals surface area contributed by atoms with Gasteiger partial charge in [-0.05, 0) is 54.8 Å². The van der Waals surface area contributed by atoms with Crippen LogP contribution in [0.3, 0.4) is 0 Å². The van der Waals surface area contributed by atoms with Crippen molar-refractivity contribution >= 4 is 47.2 Å². The van der Waals surface area contributed by atoms with Gasteiger partial charge in [-0.15, -0.1) is 11.6 Å². The number of aliphatic hydroxyl groups is 3. The number of rotatable bonds is 10. The van der Waals surface area contributed by atoms with Crippen LogP contribution < -0.4 is 5.32 Å². The smallest absolute Gasteiger partial charge is 0.338 e. The molecule has 1 aliphatic heterocycles. The molecule has 0 spiro atoms. The first kappa shape index (κ1) is 45.6. The second-order valence-electron chi connectivity index (χ2n) is 17.4. The molecule has 2 unspecified atom stereocenters. The van der Waals surface area contributed by atoms with Gasteiger partial charge >= 0.3 is 23.9 Å². The quantitative estimate of drug-likeness (QED) is 0.0981. The molecule has 3 fully saturated rings. The average Bonchev–Trinajstić information content (AvgIpc) is 3.24. The van der Waals surface area contributed by atoms with Gasteiger partial charge in [-0.1, -0.05) is 80.6 Å². The number of aliphatic hydroxyl groups excluding tert-OH is 2. The van der Waals surface area contributed by atoms with Gasteiger partial charge in [0.05, 0.1) is 41.0 Å². The van der Waals surface area contributed by atoms with E-state index in [-0.39, 0.29) is 22.3 Å². The number of ketones is 1. The predicted octanol–water partition coefficient (Wildman–Crippen LogP) is 3.95. The minimum Gasteiger partial charge on any atom is -0.456 e. The Hall–Kier alpha value is -5.45. The maximum absolute atomic E-state index is 15.6. The first-order valence-corrected chi connectivity index (χ1v) is 21.0. The van der Waals surface area contributed by atoms with Crippen molar-refractivity contribution in [3.63, 3.8) is 0 Å². The molecule has 7 rings (SSSR count). The summed E-state index contributed by atoms with van der Waals surface area (Å²) in [4.78, 5) is 83.7. The van der Waals surface area contributed by atoms with Crippen LogP contribution >= 0.6 is 11.6 Å².